The Balaban J connectivity index is 2.09. The lowest BCUT2D eigenvalue weighted by Crippen LogP contribution is -2.39. The third-order valence-corrected chi connectivity index (χ3v) is 6.21. The maximum Gasteiger partial charge on any atom is 0.510 e. The third kappa shape index (κ3) is 9.57. The molecule has 1 N–H and O–H groups in total. The van der Waals surface area contributed by atoms with Crippen molar-refractivity contribution in [2.75, 3.05) is 26.1 Å². The Labute approximate surface area is 222 Å². The number of alkyl halides is 1. The predicted octanol–water partition coefficient (Wildman–Crippen LogP) is 3.10. The summed E-state index contributed by atoms with van der Waals surface area (Å²) in [6, 6.07) is 0. The summed E-state index contributed by atoms with van der Waals surface area (Å²) in [6.45, 7) is 5.51. The van der Waals surface area contributed by atoms with Crippen LogP contribution in [0, 0.1) is 6.92 Å². The zero-order chi connectivity index (χ0) is 28.5. The summed E-state index contributed by atoms with van der Waals surface area (Å²) in [4.78, 5) is 49.2. The minimum Gasteiger partial charge on any atom is -0.432 e. The molecule has 0 bridgehead atoms. The summed E-state index contributed by atoms with van der Waals surface area (Å²) >= 11 is 6.09. The van der Waals surface area contributed by atoms with E-state index < -0.39 is 75.6 Å². The first-order valence-corrected chi connectivity index (χ1v) is 13.2. The molecule has 0 aliphatic carbocycles. The molecule has 17 heteroatoms. The second kappa shape index (κ2) is 13.9. The fraction of sp³-hybridized carbons (Fsp3) is 0.619. The normalized spacial score (nSPS) is 19.1. The average Bonchev–Trinajstić information content (AvgIpc) is 3.24. The first-order valence-electron chi connectivity index (χ1n) is 11.2. The number of halogens is 1. The smallest absolute Gasteiger partial charge is 0.432 e. The lowest BCUT2D eigenvalue weighted by atomic mass is 10.1. The molecule has 0 amide bonds. The first kappa shape index (κ1) is 31.5. The van der Waals surface area contributed by atoms with Crippen LogP contribution in [0.4, 0.5) is 9.59 Å². The molecule has 0 aromatic carbocycles. The fourth-order valence-corrected chi connectivity index (χ4v) is 3.92. The topological polar surface area (TPSA) is 180 Å². The van der Waals surface area contributed by atoms with Gasteiger partial charge >= 0.3 is 25.8 Å². The minimum atomic E-state index is -4.58. The standard InChI is InChI=1S/C21H30ClN2O13P/c1-13(2)35-19(27)30-11-33-38(29,34-12-31-20(28)36-14(3)4)32-10-21(9-22)7-6-16(37-21)24-8-15(5)17(25)23-18(24)26/h6-8,13-14,16H,9-12H2,1-5H3,(H,23,25,26)/t16-,21-/m1/s1. The predicted molar refractivity (Wildman–Crippen MR) is 130 cm³/mol. The number of carbonyl (C=O) groups is 2. The van der Waals surface area contributed by atoms with Gasteiger partial charge in [0.25, 0.3) is 5.56 Å². The van der Waals surface area contributed by atoms with E-state index in [2.05, 4.69) is 14.5 Å². The van der Waals surface area contributed by atoms with E-state index in [1.807, 2.05) is 0 Å². The van der Waals surface area contributed by atoms with Crippen LogP contribution >= 0.6 is 19.4 Å². The molecule has 2 heterocycles. The second-order valence-electron chi connectivity index (χ2n) is 8.38. The van der Waals surface area contributed by atoms with Crippen LogP contribution in [0.1, 0.15) is 39.5 Å². The molecule has 38 heavy (non-hydrogen) atoms. The van der Waals surface area contributed by atoms with E-state index >= 15 is 0 Å². The van der Waals surface area contributed by atoms with Crippen molar-refractivity contribution in [3.05, 3.63) is 44.8 Å². The molecule has 0 fully saturated rings. The number of ether oxygens (including phenoxy) is 5. The number of nitrogens with one attached hydrogen (secondary N) is 1. The third-order valence-electron chi connectivity index (χ3n) is 4.47. The lowest BCUT2D eigenvalue weighted by molar-refractivity contribution is -0.0833. The van der Waals surface area contributed by atoms with Gasteiger partial charge in [-0.15, -0.1) is 11.6 Å². The summed E-state index contributed by atoms with van der Waals surface area (Å²) in [6.07, 6.45) is 0.0961. The molecule has 214 valence electrons. The van der Waals surface area contributed by atoms with Gasteiger partial charge in [-0.2, -0.15) is 0 Å². The van der Waals surface area contributed by atoms with Crippen molar-refractivity contribution < 1.29 is 51.4 Å². The number of H-pyrrole nitrogens is 1. The Bertz CT molecular complexity index is 1130. The molecule has 0 saturated carbocycles. The molecule has 2 rings (SSSR count). The van der Waals surface area contributed by atoms with Gasteiger partial charge in [-0.1, -0.05) is 0 Å². The molecule has 1 aliphatic heterocycles. The van der Waals surface area contributed by atoms with E-state index in [-0.39, 0.29) is 11.4 Å². The number of aromatic nitrogens is 2. The van der Waals surface area contributed by atoms with Crippen LogP contribution in [0.3, 0.4) is 0 Å². The summed E-state index contributed by atoms with van der Waals surface area (Å²) in [5.41, 5.74) is -2.43. The van der Waals surface area contributed by atoms with Crippen LogP contribution in [0.25, 0.3) is 0 Å². The van der Waals surface area contributed by atoms with Crippen molar-refractivity contribution in [3.63, 3.8) is 0 Å². The molecule has 15 nitrogen and oxygen atoms in total. The molecule has 0 unspecified atom stereocenters. The zero-order valence-electron chi connectivity index (χ0n) is 21.4. The Morgan fingerprint density at radius 2 is 1.63 bits per heavy atom. The fourth-order valence-electron chi connectivity index (χ4n) is 2.73. The van der Waals surface area contributed by atoms with Gasteiger partial charge in [0, 0.05) is 11.8 Å². The van der Waals surface area contributed by atoms with Crippen LogP contribution in [-0.2, 0) is 41.8 Å². The second-order valence-corrected chi connectivity index (χ2v) is 10.3. The van der Waals surface area contributed by atoms with Crippen molar-refractivity contribution in [1.82, 2.24) is 9.55 Å². The van der Waals surface area contributed by atoms with Crippen molar-refractivity contribution in [1.29, 1.82) is 0 Å². The number of hydrogen-bond donors (Lipinski definition) is 1. The highest BCUT2D eigenvalue weighted by atomic mass is 35.5. The first-order chi connectivity index (χ1) is 17.8. The average molecular weight is 585 g/mol. The van der Waals surface area contributed by atoms with Crippen molar-refractivity contribution in [3.8, 4) is 0 Å². The van der Waals surface area contributed by atoms with Crippen molar-refractivity contribution in [2.24, 2.45) is 0 Å². The van der Waals surface area contributed by atoms with E-state index in [0.717, 1.165) is 4.57 Å². The molecular weight excluding hydrogens is 555 g/mol. The van der Waals surface area contributed by atoms with Gasteiger partial charge in [-0.05, 0) is 46.8 Å². The molecule has 1 aromatic heterocycles. The van der Waals surface area contributed by atoms with Gasteiger partial charge in [-0.25, -0.2) is 28.0 Å². The Kier molecular flexibility index (Phi) is 11.6. The van der Waals surface area contributed by atoms with Gasteiger partial charge < -0.3 is 23.7 Å². The molecule has 1 aliphatic rings. The van der Waals surface area contributed by atoms with E-state index in [0.29, 0.717) is 0 Å². The number of phosphoric acid groups is 1. The Hall–Kier alpha value is -2.68. The maximum absolute atomic E-state index is 13.2. The molecule has 0 saturated heterocycles. The molecule has 1 aromatic rings. The van der Waals surface area contributed by atoms with E-state index in [1.54, 1.807) is 27.7 Å². The Morgan fingerprint density at radius 3 is 2.13 bits per heavy atom. The quantitative estimate of drug-likeness (QED) is 0.117. The highest BCUT2D eigenvalue weighted by Crippen LogP contribution is 2.51. The number of rotatable bonds is 13. The highest BCUT2D eigenvalue weighted by molar-refractivity contribution is 7.48. The van der Waals surface area contributed by atoms with Crippen LogP contribution in [0.5, 0.6) is 0 Å². The summed E-state index contributed by atoms with van der Waals surface area (Å²) in [7, 11) is -4.58. The molecular formula is C21H30ClN2O13P. The van der Waals surface area contributed by atoms with Gasteiger partial charge in [0.2, 0.25) is 13.6 Å². The van der Waals surface area contributed by atoms with E-state index in [9.17, 15) is 23.7 Å². The van der Waals surface area contributed by atoms with E-state index in [4.69, 9.17) is 39.4 Å². The maximum atomic E-state index is 13.2. The highest BCUT2D eigenvalue weighted by Gasteiger charge is 2.40. The zero-order valence-corrected chi connectivity index (χ0v) is 23.0. The Morgan fingerprint density at radius 1 is 1.08 bits per heavy atom. The number of carbonyl (C=O) groups excluding carboxylic acids is 2. The lowest BCUT2D eigenvalue weighted by Gasteiger charge is -2.28. The summed E-state index contributed by atoms with van der Waals surface area (Å²) < 4.78 is 54.4. The van der Waals surface area contributed by atoms with Gasteiger partial charge in [0.1, 0.15) is 5.60 Å². The SMILES string of the molecule is Cc1cn([C@H]2C=C[C@@](CCl)(COP(=O)(OCOC(=O)OC(C)C)OCOC(=O)OC(C)C)O2)c(=O)[nH]c1=O. The van der Waals surface area contributed by atoms with Crippen LogP contribution in [-0.4, -0.2) is 65.7 Å². The van der Waals surface area contributed by atoms with Crippen LogP contribution in [0.2, 0.25) is 0 Å². The monoisotopic (exact) mass is 584 g/mol. The molecule has 0 spiro atoms. The number of aromatic amines is 1. The van der Waals surface area contributed by atoms with Gasteiger partial charge in [-0.3, -0.25) is 18.9 Å². The van der Waals surface area contributed by atoms with Crippen LogP contribution in [0.15, 0.2) is 27.9 Å². The van der Waals surface area contributed by atoms with Crippen molar-refractivity contribution >= 4 is 31.7 Å². The number of aryl methyl sites for hydroxylation is 1. The number of hydrogen-bond acceptors (Lipinski definition) is 13. The van der Waals surface area contributed by atoms with Gasteiger partial charge in [0.15, 0.2) is 6.23 Å². The van der Waals surface area contributed by atoms with E-state index in [1.165, 1.54) is 25.3 Å². The minimum absolute atomic E-state index is 0.231. The van der Waals surface area contributed by atoms with Gasteiger partial charge in [0.05, 0.1) is 24.7 Å². The molecule has 2 atom stereocenters. The number of nitrogens with zero attached hydrogens (tertiary/aromatic N) is 1. The largest absolute Gasteiger partial charge is 0.510 e. The number of phosphoric ester groups is 1. The summed E-state index contributed by atoms with van der Waals surface area (Å²) in [5, 5.41) is 0. The van der Waals surface area contributed by atoms with Crippen molar-refractivity contribution in [2.45, 2.75) is 58.7 Å². The molecule has 0 radical (unpaired) electrons. The summed E-state index contributed by atoms with van der Waals surface area (Å²) in [5.74, 6) is -0.231. The van der Waals surface area contributed by atoms with Crippen LogP contribution < -0.4 is 11.2 Å².